The first-order valence-electron chi connectivity index (χ1n) is 6.91. The van der Waals surface area contributed by atoms with Gasteiger partial charge in [0.25, 0.3) is 0 Å². The second-order valence-electron chi connectivity index (χ2n) is 5.07. The van der Waals surface area contributed by atoms with Gasteiger partial charge in [-0.2, -0.15) is 0 Å². The van der Waals surface area contributed by atoms with Gasteiger partial charge in [0.05, 0.1) is 12.0 Å². The van der Waals surface area contributed by atoms with Crippen LogP contribution in [0.4, 0.5) is 5.69 Å². The Bertz CT molecular complexity index is 665. The lowest BCUT2D eigenvalue weighted by molar-refractivity contribution is -0.116. The predicted molar refractivity (Wildman–Crippen MR) is 82.9 cm³/mol. The molecule has 2 heterocycles. The molecule has 1 aliphatic rings. The first kappa shape index (κ1) is 14.1. The Balaban J connectivity index is 1.93. The van der Waals surface area contributed by atoms with E-state index in [1.807, 2.05) is 29.6 Å². The van der Waals surface area contributed by atoms with Crippen molar-refractivity contribution in [2.24, 2.45) is 0 Å². The van der Waals surface area contributed by atoms with Crippen LogP contribution < -0.4 is 10.1 Å². The fourth-order valence-electron chi connectivity index (χ4n) is 2.59. The number of carbonyl (C=O) groups excluding carboxylic acids is 1. The average molecular weight is 303 g/mol. The van der Waals surface area contributed by atoms with Gasteiger partial charge in [-0.3, -0.25) is 4.79 Å². The SMILES string of the molecule is COc1ccsc1C(O)c1ccc2c(c1)CCCC(=O)N2. The molecule has 3 rings (SSSR count). The number of ether oxygens (including phenoxy) is 1. The van der Waals surface area contributed by atoms with E-state index < -0.39 is 6.10 Å². The van der Waals surface area contributed by atoms with Gasteiger partial charge in [0.15, 0.2) is 0 Å². The summed E-state index contributed by atoms with van der Waals surface area (Å²) < 4.78 is 5.27. The fourth-order valence-corrected chi connectivity index (χ4v) is 3.46. The minimum atomic E-state index is -0.704. The van der Waals surface area contributed by atoms with Crippen LogP contribution in [0.5, 0.6) is 5.75 Å². The molecule has 1 amide bonds. The third-order valence-corrected chi connectivity index (χ3v) is 4.65. The maximum absolute atomic E-state index is 11.6. The number of aliphatic hydroxyl groups excluding tert-OH is 1. The molecule has 0 fully saturated rings. The predicted octanol–water partition coefficient (Wildman–Crippen LogP) is 3.11. The Kier molecular flexibility index (Phi) is 3.94. The monoisotopic (exact) mass is 303 g/mol. The minimum absolute atomic E-state index is 0.0574. The third kappa shape index (κ3) is 2.80. The molecule has 0 aliphatic carbocycles. The van der Waals surface area contributed by atoms with Crippen molar-refractivity contribution < 1.29 is 14.6 Å². The number of hydrogen-bond acceptors (Lipinski definition) is 4. The Morgan fingerprint density at radius 3 is 3.00 bits per heavy atom. The molecule has 0 saturated heterocycles. The zero-order valence-electron chi connectivity index (χ0n) is 11.8. The number of aryl methyl sites for hydroxylation is 1. The molecular formula is C16H17NO3S. The molecule has 0 saturated carbocycles. The number of benzene rings is 1. The van der Waals surface area contributed by atoms with Crippen LogP contribution >= 0.6 is 11.3 Å². The number of nitrogens with one attached hydrogen (secondary N) is 1. The number of methoxy groups -OCH3 is 1. The van der Waals surface area contributed by atoms with Crippen LogP contribution in [0, 0.1) is 0 Å². The van der Waals surface area contributed by atoms with Crippen molar-refractivity contribution in [2.45, 2.75) is 25.4 Å². The van der Waals surface area contributed by atoms with Gasteiger partial charge in [-0.25, -0.2) is 0 Å². The molecule has 1 unspecified atom stereocenters. The van der Waals surface area contributed by atoms with Gasteiger partial charge < -0.3 is 15.2 Å². The van der Waals surface area contributed by atoms with Crippen LogP contribution in [0.2, 0.25) is 0 Å². The van der Waals surface area contributed by atoms with Crippen LogP contribution in [0.15, 0.2) is 29.6 Å². The molecule has 21 heavy (non-hydrogen) atoms. The van der Waals surface area contributed by atoms with Crippen molar-refractivity contribution in [2.75, 3.05) is 12.4 Å². The maximum atomic E-state index is 11.6. The molecule has 1 atom stereocenters. The van der Waals surface area contributed by atoms with E-state index in [4.69, 9.17) is 4.74 Å². The average Bonchev–Trinajstić information content (AvgIpc) is 2.88. The molecule has 0 bridgehead atoms. The standard InChI is InChI=1S/C16H17NO3S/c1-20-13-7-8-21-16(13)15(19)11-5-6-12-10(9-11)3-2-4-14(18)17-12/h5-9,15,19H,2-4H2,1H3,(H,17,18). The van der Waals surface area contributed by atoms with Gasteiger partial charge in [0, 0.05) is 12.1 Å². The highest BCUT2D eigenvalue weighted by Gasteiger charge is 2.19. The normalized spacial score (nSPS) is 15.8. The van der Waals surface area contributed by atoms with Crippen LogP contribution in [-0.2, 0) is 11.2 Å². The van der Waals surface area contributed by atoms with E-state index in [0.717, 1.165) is 34.5 Å². The highest BCUT2D eigenvalue weighted by molar-refractivity contribution is 7.10. The summed E-state index contributed by atoms with van der Waals surface area (Å²) in [6.07, 6.45) is 1.52. The number of aliphatic hydroxyl groups is 1. The highest BCUT2D eigenvalue weighted by atomic mass is 32.1. The largest absolute Gasteiger partial charge is 0.495 e. The molecule has 110 valence electrons. The molecule has 0 spiro atoms. The maximum Gasteiger partial charge on any atom is 0.224 e. The Morgan fingerprint density at radius 1 is 1.33 bits per heavy atom. The highest BCUT2D eigenvalue weighted by Crippen LogP contribution is 2.36. The number of anilines is 1. The zero-order chi connectivity index (χ0) is 14.8. The first-order valence-corrected chi connectivity index (χ1v) is 7.79. The number of rotatable bonds is 3. The van der Waals surface area contributed by atoms with E-state index in [9.17, 15) is 9.90 Å². The van der Waals surface area contributed by atoms with Gasteiger partial charge in [-0.15, -0.1) is 11.3 Å². The van der Waals surface area contributed by atoms with Crippen LogP contribution in [0.1, 0.15) is 34.9 Å². The lowest BCUT2D eigenvalue weighted by Gasteiger charge is -2.14. The van der Waals surface area contributed by atoms with E-state index in [1.54, 1.807) is 7.11 Å². The summed E-state index contributed by atoms with van der Waals surface area (Å²) in [5, 5.41) is 15.4. The van der Waals surface area contributed by atoms with E-state index >= 15 is 0 Å². The van der Waals surface area contributed by atoms with E-state index in [1.165, 1.54) is 11.3 Å². The summed E-state index contributed by atoms with van der Waals surface area (Å²) in [7, 11) is 1.60. The Morgan fingerprint density at radius 2 is 2.19 bits per heavy atom. The smallest absolute Gasteiger partial charge is 0.224 e. The quantitative estimate of drug-likeness (QED) is 0.916. The molecule has 2 aromatic rings. The van der Waals surface area contributed by atoms with E-state index in [2.05, 4.69) is 5.32 Å². The molecule has 4 nitrogen and oxygen atoms in total. The lowest BCUT2D eigenvalue weighted by atomic mass is 10.0. The van der Waals surface area contributed by atoms with Crippen molar-refractivity contribution in [1.82, 2.24) is 0 Å². The topological polar surface area (TPSA) is 58.6 Å². The molecule has 5 heteroatoms. The van der Waals surface area contributed by atoms with Crippen molar-refractivity contribution in [3.8, 4) is 5.75 Å². The van der Waals surface area contributed by atoms with E-state index in [0.29, 0.717) is 12.2 Å². The summed E-state index contributed by atoms with van der Waals surface area (Å²) in [4.78, 5) is 12.4. The fraction of sp³-hybridized carbons (Fsp3) is 0.312. The lowest BCUT2D eigenvalue weighted by Crippen LogP contribution is -2.09. The summed E-state index contributed by atoms with van der Waals surface area (Å²) in [5.74, 6) is 0.762. The van der Waals surface area contributed by atoms with Crippen molar-refractivity contribution >= 4 is 22.9 Å². The van der Waals surface area contributed by atoms with Gasteiger partial charge in [-0.05, 0) is 41.5 Å². The van der Waals surface area contributed by atoms with Crippen LogP contribution in [0.25, 0.3) is 0 Å². The first-order chi connectivity index (χ1) is 10.2. The van der Waals surface area contributed by atoms with Crippen molar-refractivity contribution in [3.05, 3.63) is 45.6 Å². The second-order valence-corrected chi connectivity index (χ2v) is 6.02. The summed E-state index contributed by atoms with van der Waals surface area (Å²) in [5.41, 5.74) is 2.75. The Hall–Kier alpha value is -1.85. The molecule has 0 radical (unpaired) electrons. The Labute approximate surface area is 127 Å². The number of carbonyl (C=O) groups is 1. The van der Waals surface area contributed by atoms with Crippen LogP contribution in [0.3, 0.4) is 0 Å². The minimum Gasteiger partial charge on any atom is -0.495 e. The number of hydrogen-bond donors (Lipinski definition) is 2. The van der Waals surface area contributed by atoms with Gasteiger partial charge in [0.1, 0.15) is 11.9 Å². The zero-order valence-corrected chi connectivity index (χ0v) is 12.6. The molecule has 2 N–H and O–H groups in total. The summed E-state index contributed by atoms with van der Waals surface area (Å²) in [6.45, 7) is 0. The second kappa shape index (κ2) is 5.87. The van der Waals surface area contributed by atoms with Crippen LogP contribution in [-0.4, -0.2) is 18.1 Å². The van der Waals surface area contributed by atoms with Crippen molar-refractivity contribution in [1.29, 1.82) is 0 Å². The van der Waals surface area contributed by atoms with Gasteiger partial charge >= 0.3 is 0 Å². The number of thiophene rings is 1. The summed E-state index contributed by atoms with van der Waals surface area (Å²) >= 11 is 1.47. The summed E-state index contributed by atoms with van der Waals surface area (Å²) in [6, 6.07) is 7.56. The molecule has 1 aromatic heterocycles. The number of amides is 1. The molecule has 1 aliphatic heterocycles. The van der Waals surface area contributed by atoms with E-state index in [-0.39, 0.29) is 5.91 Å². The number of fused-ring (bicyclic) bond motifs is 1. The molecular weight excluding hydrogens is 286 g/mol. The molecule has 1 aromatic carbocycles. The third-order valence-electron chi connectivity index (χ3n) is 3.69. The van der Waals surface area contributed by atoms with Gasteiger partial charge in [0.2, 0.25) is 5.91 Å². The van der Waals surface area contributed by atoms with Crippen molar-refractivity contribution in [3.63, 3.8) is 0 Å². The van der Waals surface area contributed by atoms with Gasteiger partial charge in [-0.1, -0.05) is 12.1 Å².